The highest BCUT2D eigenvalue weighted by molar-refractivity contribution is 4.74. The molecular formula is C7H16N2O. The fourth-order valence-corrected chi connectivity index (χ4v) is 1.30. The molecule has 0 aliphatic carbocycles. The maximum Gasteiger partial charge on any atom is 0.104 e. The summed E-state index contributed by atoms with van der Waals surface area (Å²) >= 11 is 0. The van der Waals surface area contributed by atoms with Crippen molar-refractivity contribution in [2.24, 2.45) is 0 Å². The zero-order chi connectivity index (χ0) is 7.56. The highest BCUT2D eigenvalue weighted by Crippen LogP contribution is 2.00. The lowest BCUT2D eigenvalue weighted by atomic mass is 10.2. The Morgan fingerprint density at radius 2 is 2.40 bits per heavy atom. The molecule has 60 valence electrons. The normalized spacial score (nSPS) is 32.1. The van der Waals surface area contributed by atoms with E-state index in [0.717, 1.165) is 19.6 Å². The second-order valence-electron chi connectivity index (χ2n) is 2.98. The predicted octanol–water partition coefficient (Wildman–Crippen LogP) is -0.382. The summed E-state index contributed by atoms with van der Waals surface area (Å²) in [6.07, 6.45) is -0.287. The van der Waals surface area contributed by atoms with E-state index in [1.807, 2.05) is 6.92 Å². The van der Waals surface area contributed by atoms with Crippen LogP contribution in [0.15, 0.2) is 0 Å². The molecule has 1 heterocycles. The number of aliphatic hydroxyl groups excluding tert-OH is 1. The molecule has 10 heavy (non-hydrogen) atoms. The van der Waals surface area contributed by atoms with Gasteiger partial charge in [0.15, 0.2) is 0 Å². The zero-order valence-electron chi connectivity index (χ0n) is 6.67. The van der Waals surface area contributed by atoms with Crippen molar-refractivity contribution < 1.29 is 5.11 Å². The average Bonchev–Trinajstić information content (AvgIpc) is 1.88. The first-order valence-electron chi connectivity index (χ1n) is 3.85. The van der Waals surface area contributed by atoms with Crippen LogP contribution in [-0.2, 0) is 0 Å². The molecule has 1 saturated heterocycles. The van der Waals surface area contributed by atoms with Crippen LogP contribution in [0.4, 0.5) is 0 Å². The highest BCUT2D eigenvalue weighted by atomic mass is 16.3. The van der Waals surface area contributed by atoms with E-state index in [1.165, 1.54) is 0 Å². The minimum Gasteiger partial charge on any atom is -0.379 e. The van der Waals surface area contributed by atoms with E-state index >= 15 is 0 Å². The first-order valence-corrected chi connectivity index (χ1v) is 3.85. The van der Waals surface area contributed by atoms with Gasteiger partial charge in [-0.25, -0.2) is 0 Å². The smallest absolute Gasteiger partial charge is 0.104 e. The zero-order valence-corrected chi connectivity index (χ0v) is 6.67. The van der Waals surface area contributed by atoms with E-state index in [9.17, 15) is 5.11 Å². The Hall–Kier alpha value is -0.120. The maximum atomic E-state index is 9.19. The standard InChI is InChI=1S/C7H16N2O/c1-6-5-9(7(2)10)4-3-8-6/h6-8,10H,3-5H2,1-2H3. The van der Waals surface area contributed by atoms with Crippen molar-refractivity contribution in [3.8, 4) is 0 Å². The van der Waals surface area contributed by atoms with Gasteiger partial charge in [-0.05, 0) is 13.8 Å². The van der Waals surface area contributed by atoms with Gasteiger partial charge in [0.1, 0.15) is 6.23 Å². The van der Waals surface area contributed by atoms with Crippen molar-refractivity contribution >= 4 is 0 Å². The van der Waals surface area contributed by atoms with Crippen molar-refractivity contribution in [3.05, 3.63) is 0 Å². The third-order valence-corrected chi connectivity index (χ3v) is 1.93. The van der Waals surface area contributed by atoms with Gasteiger partial charge in [-0.2, -0.15) is 0 Å². The molecule has 0 saturated carbocycles. The largest absolute Gasteiger partial charge is 0.379 e. The number of nitrogens with one attached hydrogen (secondary N) is 1. The number of rotatable bonds is 1. The van der Waals surface area contributed by atoms with E-state index in [1.54, 1.807) is 0 Å². The van der Waals surface area contributed by atoms with E-state index in [0.29, 0.717) is 6.04 Å². The Kier molecular flexibility index (Phi) is 2.65. The van der Waals surface area contributed by atoms with Crippen LogP contribution >= 0.6 is 0 Å². The Morgan fingerprint density at radius 3 is 2.80 bits per heavy atom. The van der Waals surface area contributed by atoms with E-state index in [4.69, 9.17) is 0 Å². The SMILES string of the molecule is CC1CN(C(C)O)CCN1. The first kappa shape index (κ1) is 7.98. The van der Waals surface area contributed by atoms with Gasteiger partial charge in [0.05, 0.1) is 0 Å². The Balaban J connectivity index is 2.32. The fraction of sp³-hybridized carbons (Fsp3) is 1.00. The molecule has 0 spiro atoms. The van der Waals surface area contributed by atoms with Gasteiger partial charge >= 0.3 is 0 Å². The van der Waals surface area contributed by atoms with Crippen molar-refractivity contribution in [1.82, 2.24) is 10.2 Å². The van der Waals surface area contributed by atoms with Crippen molar-refractivity contribution in [2.45, 2.75) is 26.1 Å². The van der Waals surface area contributed by atoms with E-state index in [2.05, 4.69) is 17.1 Å². The molecule has 3 nitrogen and oxygen atoms in total. The predicted molar refractivity (Wildman–Crippen MR) is 40.7 cm³/mol. The summed E-state index contributed by atoms with van der Waals surface area (Å²) in [5.74, 6) is 0. The van der Waals surface area contributed by atoms with E-state index < -0.39 is 0 Å². The van der Waals surface area contributed by atoms with Crippen molar-refractivity contribution in [2.75, 3.05) is 19.6 Å². The molecule has 0 aromatic carbocycles. The number of aliphatic hydroxyl groups is 1. The molecular weight excluding hydrogens is 128 g/mol. The minimum atomic E-state index is -0.287. The van der Waals surface area contributed by atoms with Crippen LogP contribution in [0.3, 0.4) is 0 Å². The molecule has 0 amide bonds. The van der Waals surface area contributed by atoms with Crippen molar-refractivity contribution in [3.63, 3.8) is 0 Å². The summed E-state index contributed by atoms with van der Waals surface area (Å²) < 4.78 is 0. The summed E-state index contributed by atoms with van der Waals surface area (Å²) in [4.78, 5) is 2.07. The van der Waals surface area contributed by atoms with Crippen LogP contribution in [0.1, 0.15) is 13.8 Å². The molecule has 1 fully saturated rings. The minimum absolute atomic E-state index is 0.287. The third-order valence-electron chi connectivity index (χ3n) is 1.93. The summed E-state index contributed by atoms with van der Waals surface area (Å²) in [5.41, 5.74) is 0. The molecule has 1 rings (SSSR count). The molecule has 1 aliphatic rings. The Bertz CT molecular complexity index is 106. The molecule has 2 unspecified atom stereocenters. The first-order chi connectivity index (χ1) is 4.70. The van der Waals surface area contributed by atoms with Gasteiger partial charge < -0.3 is 10.4 Å². The monoisotopic (exact) mass is 144 g/mol. The van der Waals surface area contributed by atoms with Gasteiger partial charge in [-0.3, -0.25) is 4.90 Å². The van der Waals surface area contributed by atoms with Crippen LogP contribution in [-0.4, -0.2) is 41.9 Å². The summed E-state index contributed by atoms with van der Waals surface area (Å²) in [7, 11) is 0. The molecule has 3 heteroatoms. The summed E-state index contributed by atoms with van der Waals surface area (Å²) in [6.45, 7) is 6.86. The highest BCUT2D eigenvalue weighted by Gasteiger charge is 2.17. The van der Waals surface area contributed by atoms with Gasteiger partial charge in [0.2, 0.25) is 0 Å². The molecule has 2 N–H and O–H groups in total. The van der Waals surface area contributed by atoms with Gasteiger partial charge in [-0.15, -0.1) is 0 Å². The number of hydrogen-bond donors (Lipinski definition) is 2. The quantitative estimate of drug-likeness (QED) is 0.526. The van der Waals surface area contributed by atoms with Crippen LogP contribution in [0, 0.1) is 0 Å². The van der Waals surface area contributed by atoms with Crippen LogP contribution < -0.4 is 5.32 Å². The second-order valence-corrected chi connectivity index (χ2v) is 2.98. The lowest BCUT2D eigenvalue weighted by Gasteiger charge is -2.33. The number of hydrogen-bond acceptors (Lipinski definition) is 3. The van der Waals surface area contributed by atoms with Crippen LogP contribution in [0.25, 0.3) is 0 Å². The van der Waals surface area contributed by atoms with Gasteiger partial charge in [0, 0.05) is 25.7 Å². The summed E-state index contributed by atoms with van der Waals surface area (Å²) in [5, 5.41) is 12.5. The lowest BCUT2D eigenvalue weighted by molar-refractivity contribution is 0.00226. The number of nitrogens with zero attached hydrogens (tertiary/aromatic N) is 1. The van der Waals surface area contributed by atoms with Crippen LogP contribution in [0.2, 0.25) is 0 Å². The Labute approximate surface area is 62.0 Å². The molecule has 1 aliphatic heterocycles. The molecule has 0 aromatic heterocycles. The van der Waals surface area contributed by atoms with Crippen molar-refractivity contribution in [1.29, 1.82) is 0 Å². The topological polar surface area (TPSA) is 35.5 Å². The molecule has 0 radical (unpaired) electrons. The summed E-state index contributed by atoms with van der Waals surface area (Å²) in [6, 6.07) is 0.517. The third kappa shape index (κ3) is 1.94. The average molecular weight is 144 g/mol. The Morgan fingerprint density at radius 1 is 1.70 bits per heavy atom. The van der Waals surface area contributed by atoms with Crippen LogP contribution in [0.5, 0.6) is 0 Å². The lowest BCUT2D eigenvalue weighted by Crippen LogP contribution is -2.52. The molecule has 0 aromatic rings. The number of piperazine rings is 1. The molecule has 2 atom stereocenters. The fourth-order valence-electron chi connectivity index (χ4n) is 1.30. The maximum absolute atomic E-state index is 9.19. The van der Waals surface area contributed by atoms with Gasteiger partial charge in [0.25, 0.3) is 0 Å². The van der Waals surface area contributed by atoms with E-state index in [-0.39, 0.29) is 6.23 Å². The second kappa shape index (κ2) is 3.32. The molecule has 0 bridgehead atoms. The van der Waals surface area contributed by atoms with Gasteiger partial charge in [-0.1, -0.05) is 0 Å².